The number of nitrogens with zero attached hydrogens (tertiary/aromatic N) is 1. The third kappa shape index (κ3) is 4.31. The summed E-state index contributed by atoms with van der Waals surface area (Å²) in [5.41, 5.74) is 0.154. The van der Waals surface area contributed by atoms with Gasteiger partial charge in [0, 0.05) is 6.21 Å². The highest BCUT2D eigenvalue weighted by Gasteiger charge is 2.01. The van der Waals surface area contributed by atoms with E-state index in [0.717, 1.165) is 12.8 Å². The zero-order chi connectivity index (χ0) is 8.69. The fourth-order valence-electron chi connectivity index (χ4n) is 0.474. The quantitative estimate of drug-likeness (QED) is 0.351. The minimum absolute atomic E-state index is 0.154. The van der Waals surface area contributed by atoms with Crippen molar-refractivity contribution >= 4 is 12.2 Å². The van der Waals surface area contributed by atoms with Crippen LogP contribution in [0.5, 0.6) is 0 Å². The highest BCUT2D eigenvalue weighted by Crippen LogP contribution is 1.94. The van der Waals surface area contributed by atoms with Crippen LogP contribution in [0.1, 0.15) is 19.8 Å². The van der Waals surface area contributed by atoms with Gasteiger partial charge in [-0.2, -0.15) is 0 Å². The molecule has 0 amide bonds. The van der Waals surface area contributed by atoms with Crippen molar-refractivity contribution in [1.82, 2.24) is 0 Å². The summed E-state index contributed by atoms with van der Waals surface area (Å²) in [7, 11) is 1.31. The number of aliphatic imine (C=N–C) groups is 1. The maximum absolute atomic E-state index is 10.7. The van der Waals surface area contributed by atoms with Gasteiger partial charge in [-0.3, -0.25) is 4.99 Å². The molecule has 0 saturated heterocycles. The van der Waals surface area contributed by atoms with Crippen LogP contribution in [0.25, 0.3) is 0 Å². The second-order valence-electron chi connectivity index (χ2n) is 2.04. The van der Waals surface area contributed by atoms with Gasteiger partial charge in [-0.25, -0.2) is 4.79 Å². The maximum Gasteiger partial charge on any atom is 0.355 e. The molecule has 0 unspecified atom stereocenters. The van der Waals surface area contributed by atoms with Crippen molar-refractivity contribution in [3.05, 3.63) is 12.3 Å². The van der Waals surface area contributed by atoms with Gasteiger partial charge in [0.25, 0.3) is 0 Å². The average molecular weight is 155 g/mol. The van der Waals surface area contributed by atoms with E-state index in [1.54, 1.807) is 6.21 Å². The lowest BCUT2D eigenvalue weighted by Crippen LogP contribution is -2.01. The van der Waals surface area contributed by atoms with Crippen LogP contribution in [0.2, 0.25) is 0 Å². The van der Waals surface area contributed by atoms with Crippen molar-refractivity contribution in [3.63, 3.8) is 0 Å². The zero-order valence-corrected chi connectivity index (χ0v) is 6.96. The molecule has 0 fully saturated rings. The molecule has 0 aliphatic heterocycles. The molecule has 0 saturated carbocycles. The van der Waals surface area contributed by atoms with E-state index in [0.29, 0.717) is 0 Å². The van der Waals surface area contributed by atoms with E-state index in [2.05, 4.69) is 16.3 Å². The fraction of sp³-hybridized carbons (Fsp3) is 0.500. The van der Waals surface area contributed by atoms with Gasteiger partial charge in [0.2, 0.25) is 0 Å². The van der Waals surface area contributed by atoms with Gasteiger partial charge in [0.15, 0.2) is 0 Å². The molecule has 0 rings (SSSR count). The van der Waals surface area contributed by atoms with E-state index < -0.39 is 5.97 Å². The Balaban J connectivity index is 3.77. The summed E-state index contributed by atoms with van der Waals surface area (Å²) in [6, 6.07) is 0. The van der Waals surface area contributed by atoms with Crippen LogP contribution in [0.3, 0.4) is 0 Å². The number of esters is 1. The Hall–Kier alpha value is -1.12. The Kier molecular flexibility index (Phi) is 5.07. The lowest BCUT2D eigenvalue weighted by atomic mass is 10.4. The molecule has 0 radical (unpaired) electrons. The van der Waals surface area contributed by atoms with Gasteiger partial charge in [-0.1, -0.05) is 19.9 Å². The van der Waals surface area contributed by atoms with E-state index in [9.17, 15) is 4.79 Å². The van der Waals surface area contributed by atoms with Crippen molar-refractivity contribution in [2.45, 2.75) is 19.8 Å². The molecule has 0 aromatic heterocycles. The third-order valence-electron chi connectivity index (χ3n) is 1.09. The summed E-state index contributed by atoms with van der Waals surface area (Å²) in [6.07, 6.45) is 3.53. The Morgan fingerprint density at radius 1 is 1.73 bits per heavy atom. The molecule has 62 valence electrons. The lowest BCUT2D eigenvalue weighted by Gasteiger charge is -1.94. The fourth-order valence-corrected chi connectivity index (χ4v) is 0.474. The second kappa shape index (κ2) is 5.65. The van der Waals surface area contributed by atoms with Crippen LogP contribution in [0.15, 0.2) is 17.3 Å². The minimum Gasteiger partial charge on any atom is -0.464 e. The molecule has 0 spiro atoms. The van der Waals surface area contributed by atoms with E-state index in [1.807, 2.05) is 6.92 Å². The normalized spacial score (nSPS) is 10.0. The Labute approximate surface area is 66.8 Å². The average Bonchev–Trinajstić information content (AvgIpc) is 2.03. The van der Waals surface area contributed by atoms with Gasteiger partial charge >= 0.3 is 5.97 Å². The number of ether oxygens (including phenoxy) is 1. The maximum atomic E-state index is 10.7. The molecule has 0 aromatic rings. The molecule has 3 nitrogen and oxygen atoms in total. The topological polar surface area (TPSA) is 38.7 Å². The smallest absolute Gasteiger partial charge is 0.355 e. The molecular formula is C8H13NO2. The molecule has 11 heavy (non-hydrogen) atoms. The first-order valence-corrected chi connectivity index (χ1v) is 3.52. The van der Waals surface area contributed by atoms with Crippen LogP contribution in [-0.4, -0.2) is 19.3 Å². The van der Waals surface area contributed by atoms with E-state index >= 15 is 0 Å². The number of carbonyl (C=O) groups excluding carboxylic acids is 1. The molecule has 0 aliphatic rings. The van der Waals surface area contributed by atoms with Crippen molar-refractivity contribution < 1.29 is 9.53 Å². The number of unbranched alkanes of at least 4 members (excludes halogenated alkanes) is 1. The first-order valence-electron chi connectivity index (χ1n) is 3.52. The van der Waals surface area contributed by atoms with Crippen molar-refractivity contribution in [2.24, 2.45) is 4.99 Å². The molecule has 0 atom stereocenters. The highest BCUT2D eigenvalue weighted by atomic mass is 16.5. The van der Waals surface area contributed by atoms with Crippen LogP contribution >= 0.6 is 0 Å². The van der Waals surface area contributed by atoms with E-state index in [1.165, 1.54) is 7.11 Å². The van der Waals surface area contributed by atoms with Crippen LogP contribution in [-0.2, 0) is 9.53 Å². The molecule has 0 bridgehead atoms. The predicted octanol–water partition coefficient (Wildman–Crippen LogP) is 1.54. The number of methoxy groups -OCH3 is 1. The van der Waals surface area contributed by atoms with Crippen LogP contribution in [0, 0.1) is 0 Å². The Morgan fingerprint density at radius 3 is 2.82 bits per heavy atom. The van der Waals surface area contributed by atoms with Gasteiger partial charge < -0.3 is 4.74 Å². The summed E-state index contributed by atoms with van der Waals surface area (Å²) in [5, 5.41) is 0. The van der Waals surface area contributed by atoms with Crippen molar-refractivity contribution in [2.75, 3.05) is 7.11 Å². The largest absolute Gasteiger partial charge is 0.464 e. The molecule has 0 heterocycles. The van der Waals surface area contributed by atoms with Gasteiger partial charge in [-0.15, -0.1) is 0 Å². The van der Waals surface area contributed by atoms with Crippen LogP contribution < -0.4 is 0 Å². The SMILES string of the molecule is C=C(N=CCCC)C(=O)OC. The lowest BCUT2D eigenvalue weighted by molar-refractivity contribution is -0.136. The zero-order valence-electron chi connectivity index (χ0n) is 6.96. The summed E-state index contributed by atoms with van der Waals surface area (Å²) >= 11 is 0. The highest BCUT2D eigenvalue weighted by molar-refractivity contribution is 5.88. The Morgan fingerprint density at radius 2 is 2.36 bits per heavy atom. The molecule has 0 N–H and O–H groups in total. The first kappa shape index (κ1) is 9.88. The number of hydrogen-bond acceptors (Lipinski definition) is 3. The summed E-state index contributed by atoms with van der Waals surface area (Å²) in [6.45, 7) is 5.46. The van der Waals surface area contributed by atoms with Gasteiger partial charge in [0.1, 0.15) is 5.70 Å². The molecule has 0 aromatic carbocycles. The number of carbonyl (C=O) groups is 1. The molecular weight excluding hydrogens is 142 g/mol. The molecule has 0 aliphatic carbocycles. The van der Waals surface area contributed by atoms with Crippen molar-refractivity contribution in [1.29, 1.82) is 0 Å². The predicted molar refractivity (Wildman–Crippen MR) is 44.6 cm³/mol. The third-order valence-corrected chi connectivity index (χ3v) is 1.09. The summed E-state index contributed by atoms with van der Waals surface area (Å²) in [5.74, 6) is -0.475. The van der Waals surface area contributed by atoms with Crippen LogP contribution in [0.4, 0.5) is 0 Å². The Bertz CT molecular complexity index is 173. The number of rotatable bonds is 4. The van der Waals surface area contributed by atoms with Gasteiger partial charge in [-0.05, 0) is 6.42 Å². The first-order chi connectivity index (χ1) is 5.22. The van der Waals surface area contributed by atoms with E-state index in [-0.39, 0.29) is 5.70 Å². The summed E-state index contributed by atoms with van der Waals surface area (Å²) in [4.78, 5) is 14.5. The van der Waals surface area contributed by atoms with Crippen molar-refractivity contribution in [3.8, 4) is 0 Å². The molecule has 3 heteroatoms. The number of hydrogen-bond donors (Lipinski definition) is 0. The summed E-state index contributed by atoms with van der Waals surface area (Å²) < 4.78 is 4.39. The second-order valence-corrected chi connectivity index (χ2v) is 2.04. The monoisotopic (exact) mass is 155 g/mol. The standard InChI is InChI=1S/C8H13NO2/c1-4-5-6-9-7(2)8(10)11-3/h6H,2,4-5H2,1,3H3. The minimum atomic E-state index is -0.475. The van der Waals surface area contributed by atoms with Gasteiger partial charge in [0.05, 0.1) is 7.11 Å². The van der Waals surface area contributed by atoms with E-state index in [4.69, 9.17) is 0 Å².